The largest absolute Gasteiger partial charge is 0.496 e. The average molecular weight is 262 g/mol. The molecule has 0 bridgehead atoms. The zero-order valence-corrected chi connectivity index (χ0v) is 11.6. The number of carbonyl (C=O) groups excluding carboxylic acids is 1. The van der Waals surface area contributed by atoms with Crippen LogP contribution in [-0.4, -0.2) is 25.6 Å². The maximum atomic E-state index is 12.1. The van der Waals surface area contributed by atoms with Gasteiger partial charge in [-0.15, -0.1) is 0 Å². The average Bonchev–Trinajstić information content (AvgIpc) is 2.45. The molecule has 1 heterocycles. The number of methoxy groups -OCH3 is 1. The normalized spacial score (nSPS) is 22.8. The zero-order valence-electron chi connectivity index (χ0n) is 11.6. The fraction of sp³-hybridized carbons (Fsp3) is 0.533. The lowest BCUT2D eigenvalue weighted by Gasteiger charge is -2.27. The number of hydrogen-bond acceptors (Lipinski definition) is 3. The van der Waals surface area contributed by atoms with Crippen molar-refractivity contribution < 1.29 is 9.53 Å². The second-order valence-electron chi connectivity index (χ2n) is 5.11. The molecule has 1 aromatic carbocycles. The molecular weight excluding hydrogens is 240 g/mol. The number of hydrogen-bond donors (Lipinski definition) is 2. The minimum atomic E-state index is 0.131. The number of amides is 1. The predicted molar refractivity (Wildman–Crippen MR) is 75.0 cm³/mol. The molecule has 0 aromatic heterocycles. The Balaban J connectivity index is 1.89. The minimum absolute atomic E-state index is 0.131. The van der Waals surface area contributed by atoms with Crippen LogP contribution in [0.1, 0.15) is 25.3 Å². The van der Waals surface area contributed by atoms with Crippen molar-refractivity contribution in [3.05, 3.63) is 29.8 Å². The van der Waals surface area contributed by atoms with Gasteiger partial charge in [0.05, 0.1) is 7.11 Å². The lowest BCUT2D eigenvalue weighted by atomic mass is 9.92. The third kappa shape index (κ3) is 3.70. The van der Waals surface area contributed by atoms with Gasteiger partial charge in [-0.25, -0.2) is 0 Å². The van der Waals surface area contributed by atoms with Crippen molar-refractivity contribution in [1.29, 1.82) is 0 Å². The van der Waals surface area contributed by atoms with Crippen LogP contribution < -0.4 is 15.4 Å². The smallest absolute Gasteiger partial charge is 0.223 e. The van der Waals surface area contributed by atoms with Gasteiger partial charge >= 0.3 is 0 Å². The van der Waals surface area contributed by atoms with Crippen LogP contribution in [0.15, 0.2) is 24.3 Å². The van der Waals surface area contributed by atoms with Gasteiger partial charge in [0, 0.05) is 24.1 Å². The van der Waals surface area contributed by atoms with Gasteiger partial charge in [-0.3, -0.25) is 4.79 Å². The maximum Gasteiger partial charge on any atom is 0.223 e. The summed E-state index contributed by atoms with van der Waals surface area (Å²) >= 11 is 0. The Labute approximate surface area is 114 Å². The molecule has 0 spiro atoms. The highest BCUT2D eigenvalue weighted by atomic mass is 16.5. The summed E-state index contributed by atoms with van der Waals surface area (Å²) in [5.41, 5.74) is 1.01. The van der Waals surface area contributed by atoms with E-state index in [0.29, 0.717) is 12.6 Å². The third-order valence-electron chi connectivity index (χ3n) is 3.64. The third-order valence-corrected chi connectivity index (χ3v) is 3.64. The summed E-state index contributed by atoms with van der Waals surface area (Å²) < 4.78 is 5.28. The summed E-state index contributed by atoms with van der Waals surface area (Å²) in [4.78, 5) is 12.1. The van der Waals surface area contributed by atoms with Crippen molar-refractivity contribution in [2.45, 2.75) is 32.4 Å². The van der Waals surface area contributed by atoms with Gasteiger partial charge < -0.3 is 15.4 Å². The van der Waals surface area contributed by atoms with Gasteiger partial charge in [0.1, 0.15) is 5.75 Å². The Morgan fingerprint density at radius 2 is 2.26 bits per heavy atom. The lowest BCUT2D eigenvalue weighted by Crippen LogP contribution is -2.42. The zero-order chi connectivity index (χ0) is 13.7. The van der Waals surface area contributed by atoms with Crippen molar-refractivity contribution in [2.24, 2.45) is 5.92 Å². The van der Waals surface area contributed by atoms with E-state index in [1.807, 2.05) is 24.3 Å². The van der Waals surface area contributed by atoms with Gasteiger partial charge in [0.2, 0.25) is 5.91 Å². The van der Waals surface area contributed by atoms with E-state index in [4.69, 9.17) is 4.74 Å². The fourth-order valence-electron chi connectivity index (χ4n) is 2.55. The van der Waals surface area contributed by atoms with Gasteiger partial charge in [0.25, 0.3) is 0 Å². The van der Waals surface area contributed by atoms with Crippen molar-refractivity contribution in [3.63, 3.8) is 0 Å². The Hall–Kier alpha value is -1.55. The summed E-state index contributed by atoms with van der Waals surface area (Å²) in [6.07, 6.45) is 1.83. The molecule has 0 saturated carbocycles. The van der Waals surface area contributed by atoms with Gasteiger partial charge in [0.15, 0.2) is 0 Å². The van der Waals surface area contributed by atoms with E-state index in [0.717, 1.165) is 30.7 Å². The molecule has 1 aliphatic rings. The summed E-state index contributed by atoms with van der Waals surface area (Å²) in [6.45, 7) is 3.58. The minimum Gasteiger partial charge on any atom is -0.496 e. The fourth-order valence-corrected chi connectivity index (χ4v) is 2.55. The molecular formula is C15H22N2O2. The maximum absolute atomic E-state index is 12.1. The monoisotopic (exact) mass is 262 g/mol. The first-order valence-electron chi connectivity index (χ1n) is 6.83. The first kappa shape index (κ1) is 13.9. The molecule has 1 aliphatic heterocycles. The van der Waals surface area contributed by atoms with Crippen LogP contribution in [0.4, 0.5) is 0 Å². The molecule has 19 heavy (non-hydrogen) atoms. The predicted octanol–water partition coefficient (Wildman–Crippen LogP) is 1.70. The van der Waals surface area contributed by atoms with E-state index in [1.54, 1.807) is 7.11 Å². The molecule has 1 amide bonds. The molecule has 4 heteroatoms. The molecule has 104 valence electrons. The second kappa shape index (κ2) is 6.57. The number of nitrogens with one attached hydrogen (secondary N) is 2. The number of carbonyl (C=O) groups is 1. The van der Waals surface area contributed by atoms with Crippen molar-refractivity contribution in [1.82, 2.24) is 10.6 Å². The molecule has 2 unspecified atom stereocenters. The Morgan fingerprint density at radius 3 is 3.00 bits per heavy atom. The van der Waals surface area contributed by atoms with E-state index in [2.05, 4.69) is 17.6 Å². The van der Waals surface area contributed by atoms with E-state index in [-0.39, 0.29) is 11.8 Å². The van der Waals surface area contributed by atoms with Crippen LogP contribution >= 0.6 is 0 Å². The Morgan fingerprint density at radius 1 is 1.47 bits per heavy atom. The highest BCUT2D eigenvalue weighted by Crippen LogP contribution is 2.19. The first-order chi connectivity index (χ1) is 9.20. The molecule has 2 N–H and O–H groups in total. The quantitative estimate of drug-likeness (QED) is 0.868. The van der Waals surface area contributed by atoms with Gasteiger partial charge in [-0.1, -0.05) is 18.2 Å². The van der Waals surface area contributed by atoms with Crippen LogP contribution in [0.5, 0.6) is 5.75 Å². The molecule has 0 radical (unpaired) electrons. The summed E-state index contributed by atoms with van der Waals surface area (Å²) in [5, 5.41) is 6.38. The van der Waals surface area contributed by atoms with E-state index < -0.39 is 0 Å². The standard InChI is InChI=1S/C15H22N2O2/c1-11-9-12(7-8-16-11)15(18)17-10-13-5-3-4-6-14(13)19-2/h3-6,11-12,16H,7-10H2,1-2H3,(H,17,18). The summed E-state index contributed by atoms with van der Waals surface area (Å²) in [5.74, 6) is 1.10. The molecule has 1 fully saturated rings. The van der Waals surface area contributed by atoms with Gasteiger partial charge in [-0.2, -0.15) is 0 Å². The SMILES string of the molecule is COc1ccccc1CNC(=O)C1CCNC(C)C1. The topological polar surface area (TPSA) is 50.4 Å². The summed E-state index contributed by atoms with van der Waals surface area (Å²) in [6, 6.07) is 8.20. The Bertz CT molecular complexity index is 434. The first-order valence-corrected chi connectivity index (χ1v) is 6.83. The van der Waals surface area contributed by atoms with Crippen molar-refractivity contribution in [2.75, 3.05) is 13.7 Å². The lowest BCUT2D eigenvalue weighted by molar-refractivity contribution is -0.126. The number of piperidine rings is 1. The molecule has 2 rings (SSSR count). The summed E-state index contributed by atoms with van der Waals surface area (Å²) in [7, 11) is 1.65. The van der Waals surface area contributed by atoms with Crippen LogP contribution in [-0.2, 0) is 11.3 Å². The molecule has 0 aliphatic carbocycles. The molecule has 4 nitrogen and oxygen atoms in total. The molecule has 1 saturated heterocycles. The van der Waals surface area contributed by atoms with Crippen LogP contribution in [0, 0.1) is 5.92 Å². The van der Waals surface area contributed by atoms with Crippen LogP contribution in [0.2, 0.25) is 0 Å². The van der Waals surface area contributed by atoms with E-state index in [1.165, 1.54) is 0 Å². The molecule has 2 atom stereocenters. The second-order valence-corrected chi connectivity index (χ2v) is 5.11. The van der Waals surface area contributed by atoms with Gasteiger partial charge in [-0.05, 0) is 32.4 Å². The van der Waals surface area contributed by atoms with E-state index in [9.17, 15) is 4.79 Å². The highest BCUT2D eigenvalue weighted by molar-refractivity contribution is 5.78. The highest BCUT2D eigenvalue weighted by Gasteiger charge is 2.24. The van der Waals surface area contributed by atoms with Crippen LogP contribution in [0.25, 0.3) is 0 Å². The van der Waals surface area contributed by atoms with E-state index >= 15 is 0 Å². The molecule has 1 aromatic rings. The Kier molecular flexibility index (Phi) is 4.80. The van der Waals surface area contributed by atoms with Crippen LogP contribution in [0.3, 0.4) is 0 Å². The number of ether oxygens (including phenoxy) is 1. The van der Waals surface area contributed by atoms with Crippen molar-refractivity contribution in [3.8, 4) is 5.75 Å². The number of benzene rings is 1. The van der Waals surface area contributed by atoms with Crippen molar-refractivity contribution >= 4 is 5.91 Å². The number of rotatable bonds is 4. The number of para-hydroxylation sites is 1.